The number of aromatic nitrogens is 1. The molecule has 4 rings (SSSR count). The van der Waals surface area contributed by atoms with Crippen molar-refractivity contribution in [3.8, 4) is 0 Å². The second kappa shape index (κ2) is 11.7. The third-order valence-electron chi connectivity index (χ3n) is 6.88. The van der Waals surface area contributed by atoms with Gasteiger partial charge in [-0.1, -0.05) is 19.9 Å². The number of hydrogen-bond acceptors (Lipinski definition) is 7. The molecular weight excluding hydrogens is 478 g/mol. The molecule has 0 aromatic carbocycles. The van der Waals surface area contributed by atoms with Crippen LogP contribution >= 0.6 is 0 Å². The van der Waals surface area contributed by atoms with Gasteiger partial charge in [-0.15, -0.1) is 0 Å². The molecule has 2 fully saturated rings. The average molecular weight is 518 g/mol. The zero-order valence-corrected chi connectivity index (χ0v) is 22.5. The number of nitrogens with one attached hydrogen (secondary N) is 1. The Bertz CT molecular complexity index is 1130. The number of anilines is 1. The van der Waals surface area contributed by atoms with Crippen molar-refractivity contribution in [3.63, 3.8) is 0 Å². The van der Waals surface area contributed by atoms with Gasteiger partial charge in [-0.25, -0.2) is 18.1 Å². The Morgan fingerprint density at radius 2 is 1.81 bits per heavy atom. The Hall–Kier alpha value is -2.43. The minimum atomic E-state index is -3.81. The molecule has 1 N–H and O–H groups in total. The quantitative estimate of drug-likeness (QED) is 0.545. The van der Waals surface area contributed by atoms with Crippen molar-refractivity contribution in [2.45, 2.75) is 57.5 Å². The molecule has 1 unspecified atom stereocenters. The van der Waals surface area contributed by atoms with Gasteiger partial charge >= 0.3 is 0 Å². The maximum Gasteiger partial charge on any atom is 0.258 e. The standard InChI is InChI=1S/C26H39N5O4S/c1-20(2)18-26(32)31-15-7-14-30(16-17-31)24-8-6-9-25(28-24)36(33,34)27-19-22(29-12-4-5-13-29)23-11-10-21(3)35-23/h6,8-11,20,22,27H,4-5,7,12-19H2,1-3H3. The lowest BCUT2D eigenvalue weighted by Crippen LogP contribution is -2.37. The second-order valence-corrected chi connectivity index (χ2v) is 11.9. The second-order valence-electron chi connectivity index (χ2n) is 10.2. The molecule has 0 bridgehead atoms. The summed E-state index contributed by atoms with van der Waals surface area (Å²) in [4.78, 5) is 23.3. The van der Waals surface area contributed by atoms with Crippen LogP contribution < -0.4 is 9.62 Å². The summed E-state index contributed by atoms with van der Waals surface area (Å²) in [6, 6.07) is 8.79. The maximum atomic E-state index is 13.2. The van der Waals surface area contributed by atoms with Gasteiger partial charge in [0.25, 0.3) is 10.0 Å². The molecule has 0 radical (unpaired) electrons. The van der Waals surface area contributed by atoms with Crippen LogP contribution in [0.2, 0.25) is 0 Å². The average Bonchev–Trinajstić information content (AvgIpc) is 3.45. The van der Waals surface area contributed by atoms with Crippen molar-refractivity contribution in [3.05, 3.63) is 41.9 Å². The minimum absolute atomic E-state index is 0.00721. The van der Waals surface area contributed by atoms with Gasteiger partial charge in [0, 0.05) is 39.1 Å². The van der Waals surface area contributed by atoms with E-state index in [4.69, 9.17) is 4.42 Å². The molecular formula is C26H39N5O4S. The third kappa shape index (κ3) is 6.66. The Kier molecular flexibility index (Phi) is 8.69. The number of likely N-dealkylation sites (tertiary alicyclic amines) is 1. The molecule has 10 heteroatoms. The van der Waals surface area contributed by atoms with Crippen LogP contribution in [0.25, 0.3) is 0 Å². The van der Waals surface area contributed by atoms with E-state index in [0.29, 0.717) is 37.8 Å². The van der Waals surface area contributed by atoms with Crippen LogP contribution in [0.3, 0.4) is 0 Å². The van der Waals surface area contributed by atoms with Gasteiger partial charge in [0.2, 0.25) is 5.91 Å². The van der Waals surface area contributed by atoms with Crippen LogP contribution in [0, 0.1) is 12.8 Å². The van der Waals surface area contributed by atoms with E-state index in [1.165, 1.54) is 6.07 Å². The Morgan fingerprint density at radius 1 is 1.03 bits per heavy atom. The van der Waals surface area contributed by atoms with Gasteiger partial charge in [0.05, 0.1) is 6.04 Å². The van der Waals surface area contributed by atoms with Crippen LogP contribution in [0.1, 0.15) is 57.1 Å². The van der Waals surface area contributed by atoms with E-state index in [1.54, 1.807) is 6.07 Å². The Morgan fingerprint density at radius 3 is 2.50 bits per heavy atom. The summed E-state index contributed by atoms with van der Waals surface area (Å²) in [6.07, 6.45) is 3.57. The predicted molar refractivity (Wildman–Crippen MR) is 139 cm³/mol. The Labute approximate surface area is 214 Å². The molecule has 4 heterocycles. The van der Waals surface area contributed by atoms with E-state index in [0.717, 1.165) is 50.4 Å². The largest absolute Gasteiger partial charge is 0.465 e. The van der Waals surface area contributed by atoms with E-state index < -0.39 is 10.0 Å². The predicted octanol–water partition coefficient (Wildman–Crippen LogP) is 3.18. The number of carbonyl (C=O) groups is 1. The van der Waals surface area contributed by atoms with E-state index in [-0.39, 0.29) is 23.5 Å². The normalized spacial score (nSPS) is 18.6. The molecule has 2 saturated heterocycles. The molecule has 0 aliphatic carbocycles. The number of rotatable bonds is 9. The molecule has 2 aromatic heterocycles. The highest BCUT2D eigenvalue weighted by molar-refractivity contribution is 7.89. The van der Waals surface area contributed by atoms with Gasteiger partial charge < -0.3 is 14.2 Å². The molecule has 2 aliphatic rings. The van der Waals surface area contributed by atoms with Gasteiger partial charge in [-0.05, 0) is 69.5 Å². The molecule has 9 nitrogen and oxygen atoms in total. The lowest BCUT2D eigenvalue weighted by Gasteiger charge is -2.26. The first-order valence-electron chi connectivity index (χ1n) is 13.0. The van der Waals surface area contributed by atoms with Gasteiger partial charge in [-0.3, -0.25) is 9.69 Å². The van der Waals surface area contributed by atoms with Crippen molar-refractivity contribution in [2.75, 3.05) is 50.7 Å². The van der Waals surface area contributed by atoms with Gasteiger partial charge in [0.1, 0.15) is 17.3 Å². The third-order valence-corrected chi connectivity index (χ3v) is 8.20. The summed E-state index contributed by atoms with van der Waals surface area (Å²) in [6.45, 7) is 10.7. The molecule has 1 atom stereocenters. The highest BCUT2D eigenvalue weighted by Crippen LogP contribution is 2.27. The SMILES string of the molecule is Cc1ccc(C(CNS(=O)(=O)c2cccc(N3CCCN(C(=O)CC(C)C)CC3)n2)N2CCCC2)o1. The maximum absolute atomic E-state index is 13.2. The number of sulfonamides is 1. The number of nitrogens with zero attached hydrogens (tertiary/aromatic N) is 4. The molecule has 0 spiro atoms. The highest BCUT2D eigenvalue weighted by atomic mass is 32.2. The molecule has 198 valence electrons. The van der Waals surface area contributed by atoms with Crippen LogP contribution in [0.5, 0.6) is 0 Å². The molecule has 36 heavy (non-hydrogen) atoms. The lowest BCUT2D eigenvalue weighted by molar-refractivity contribution is -0.131. The number of pyridine rings is 1. The monoisotopic (exact) mass is 517 g/mol. The zero-order valence-electron chi connectivity index (χ0n) is 21.6. The molecule has 2 aromatic rings. The number of aryl methyl sites for hydroxylation is 1. The summed E-state index contributed by atoms with van der Waals surface area (Å²) in [7, 11) is -3.81. The van der Waals surface area contributed by atoms with Crippen molar-refractivity contribution in [1.29, 1.82) is 0 Å². The number of amides is 1. The smallest absolute Gasteiger partial charge is 0.258 e. The highest BCUT2D eigenvalue weighted by Gasteiger charge is 2.29. The van der Waals surface area contributed by atoms with E-state index in [1.807, 2.05) is 30.0 Å². The Balaban J connectivity index is 1.43. The molecule has 1 amide bonds. The fraction of sp³-hybridized carbons (Fsp3) is 0.615. The van der Waals surface area contributed by atoms with Crippen molar-refractivity contribution >= 4 is 21.7 Å². The van der Waals surface area contributed by atoms with Crippen LogP contribution in [0.15, 0.2) is 39.8 Å². The van der Waals surface area contributed by atoms with Gasteiger partial charge in [0.15, 0.2) is 5.03 Å². The number of carbonyl (C=O) groups excluding carboxylic acids is 1. The fourth-order valence-corrected chi connectivity index (χ4v) is 5.96. The summed E-state index contributed by atoms with van der Waals surface area (Å²) >= 11 is 0. The van der Waals surface area contributed by atoms with Gasteiger partial charge in [-0.2, -0.15) is 0 Å². The number of hydrogen-bond donors (Lipinski definition) is 1. The van der Waals surface area contributed by atoms with Crippen molar-refractivity contribution in [2.24, 2.45) is 5.92 Å². The van der Waals surface area contributed by atoms with Crippen LogP contribution in [0.4, 0.5) is 5.82 Å². The van der Waals surface area contributed by atoms with E-state index >= 15 is 0 Å². The summed E-state index contributed by atoms with van der Waals surface area (Å²) in [5.41, 5.74) is 0. The summed E-state index contributed by atoms with van der Waals surface area (Å²) in [5.74, 6) is 2.72. The topological polar surface area (TPSA) is 99.0 Å². The first-order valence-corrected chi connectivity index (χ1v) is 14.5. The first kappa shape index (κ1) is 26.6. The zero-order chi connectivity index (χ0) is 25.7. The lowest BCUT2D eigenvalue weighted by atomic mass is 10.1. The minimum Gasteiger partial charge on any atom is -0.465 e. The van der Waals surface area contributed by atoms with Crippen molar-refractivity contribution in [1.82, 2.24) is 19.5 Å². The first-order chi connectivity index (χ1) is 17.2. The fourth-order valence-electron chi connectivity index (χ4n) is 4.96. The van der Waals surface area contributed by atoms with E-state index in [9.17, 15) is 13.2 Å². The van der Waals surface area contributed by atoms with E-state index in [2.05, 4.69) is 33.4 Å². The number of furan rings is 1. The molecule has 0 saturated carbocycles. The summed E-state index contributed by atoms with van der Waals surface area (Å²) < 4.78 is 35.1. The summed E-state index contributed by atoms with van der Waals surface area (Å²) in [5, 5.41) is 0.00721. The molecule has 2 aliphatic heterocycles. The van der Waals surface area contributed by atoms with Crippen LogP contribution in [-0.4, -0.2) is 74.9 Å². The van der Waals surface area contributed by atoms with Crippen LogP contribution in [-0.2, 0) is 14.8 Å². The van der Waals surface area contributed by atoms with Crippen molar-refractivity contribution < 1.29 is 17.6 Å².